The van der Waals surface area contributed by atoms with Crippen molar-refractivity contribution in [1.82, 2.24) is 0 Å². The van der Waals surface area contributed by atoms with E-state index in [2.05, 4.69) is 12.1 Å². The van der Waals surface area contributed by atoms with Crippen molar-refractivity contribution < 1.29 is 4.74 Å². The molecule has 104 valence electrons. The fourth-order valence-electron chi connectivity index (χ4n) is 2.97. The number of benzene rings is 2. The highest BCUT2D eigenvalue weighted by atomic mass is 16.5. The van der Waals surface area contributed by atoms with Crippen molar-refractivity contribution >= 4 is 0 Å². The molecule has 2 aromatic rings. The van der Waals surface area contributed by atoms with Crippen molar-refractivity contribution in [3.8, 4) is 11.5 Å². The molecule has 1 saturated carbocycles. The van der Waals surface area contributed by atoms with Gasteiger partial charge in [0.15, 0.2) is 0 Å². The summed E-state index contributed by atoms with van der Waals surface area (Å²) in [6.45, 7) is 0. The molecule has 0 atom stereocenters. The Labute approximate surface area is 120 Å². The van der Waals surface area contributed by atoms with Crippen molar-refractivity contribution in [2.24, 2.45) is 5.73 Å². The summed E-state index contributed by atoms with van der Waals surface area (Å²) < 4.78 is 5.90. The molecular weight excluding hydrogens is 246 g/mol. The van der Waals surface area contributed by atoms with Gasteiger partial charge in [0.25, 0.3) is 0 Å². The lowest BCUT2D eigenvalue weighted by Gasteiger charge is -2.34. The molecule has 0 heterocycles. The quantitative estimate of drug-likeness (QED) is 0.882. The Morgan fingerprint density at radius 2 is 1.50 bits per heavy atom. The van der Waals surface area contributed by atoms with Crippen molar-refractivity contribution in [3.05, 3.63) is 60.2 Å². The van der Waals surface area contributed by atoms with Crippen LogP contribution in [0.25, 0.3) is 0 Å². The first-order valence-corrected chi connectivity index (χ1v) is 7.39. The molecule has 3 rings (SSSR count). The SMILES string of the molecule is NC1(c2cccc(Oc3ccccc3)c2)CCCCC1. The molecule has 2 heteroatoms. The highest BCUT2D eigenvalue weighted by molar-refractivity contribution is 5.36. The van der Waals surface area contributed by atoms with E-state index in [1.54, 1.807) is 0 Å². The van der Waals surface area contributed by atoms with Crippen LogP contribution in [0.4, 0.5) is 0 Å². The summed E-state index contributed by atoms with van der Waals surface area (Å²) in [5.41, 5.74) is 7.61. The third-order valence-corrected chi connectivity index (χ3v) is 4.13. The molecule has 0 amide bonds. The Kier molecular flexibility index (Phi) is 3.75. The molecule has 1 aliphatic carbocycles. The fraction of sp³-hybridized carbons (Fsp3) is 0.333. The Morgan fingerprint density at radius 1 is 0.800 bits per heavy atom. The van der Waals surface area contributed by atoms with Crippen molar-refractivity contribution in [2.45, 2.75) is 37.6 Å². The van der Waals surface area contributed by atoms with Gasteiger partial charge in [-0.1, -0.05) is 49.6 Å². The predicted molar refractivity (Wildman–Crippen MR) is 81.9 cm³/mol. The van der Waals surface area contributed by atoms with Crippen LogP contribution in [0.1, 0.15) is 37.7 Å². The first kappa shape index (κ1) is 13.2. The van der Waals surface area contributed by atoms with E-state index in [9.17, 15) is 0 Å². The summed E-state index contributed by atoms with van der Waals surface area (Å²) in [4.78, 5) is 0. The van der Waals surface area contributed by atoms with Crippen LogP contribution >= 0.6 is 0 Å². The van der Waals surface area contributed by atoms with Crippen LogP contribution in [0.2, 0.25) is 0 Å². The second-order valence-electron chi connectivity index (χ2n) is 5.66. The summed E-state index contributed by atoms with van der Waals surface area (Å²) in [6, 6.07) is 18.1. The van der Waals surface area contributed by atoms with E-state index in [0.29, 0.717) is 0 Å². The Hall–Kier alpha value is -1.80. The standard InChI is InChI=1S/C18H21NO/c19-18(12-5-2-6-13-18)15-8-7-11-17(14-15)20-16-9-3-1-4-10-16/h1,3-4,7-11,14H,2,5-6,12-13,19H2. The van der Waals surface area contributed by atoms with Gasteiger partial charge in [0.1, 0.15) is 11.5 Å². The van der Waals surface area contributed by atoms with Gasteiger partial charge in [-0.25, -0.2) is 0 Å². The lowest BCUT2D eigenvalue weighted by Crippen LogP contribution is -2.38. The van der Waals surface area contributed by atoms with Gasteiger partial charge in [-0.2, -0.15) is 0 Å². The minimum absolute atomic E-state index is 0.172. The number of rotatable bonds is 3. The molecule has 0 aliphatic heterocycles. The minimum Gasteiger partial charge on any atom is -0.457 e. The number of ether oxygens (including phenoxy) is 1. The molecule has 1 fully saturated rings. The molecule has 0 unspecified atom stereocenters. The first-order chi connectivity index (χ1) is 9.76. The van der Waals surface area contributed by atoms with Crippen LogP contribution in [-0.4, -0.2) is 0 Å². The van der Waals surface area contributed by atoms with Crippen LogP contribution in [0, 0.1) is 0 Å². The fourth-order valence-corrected chi connectivity index (χ4v) is 2.97. The topological polar surface area (TPSA) is 35.2 Å². The van der Waals surface area contributed by atoms with Crippen molar-refractivity contribution in [2.75, 3.05) is 0 Å². The van der Waals surface area contributed by atoms with Crippen LogP contribution in [0.5, 0.6) is 11.5 Å². The van der Waals surface area contributed by atoms with Gasteiger partial charge in [-0.3, -0.25) is 0 Å². The van der Waals surface area contributed by atoms with E-state index < -0.39 is 0 Å². The lowest BCUT2D eigenvalue weighted by atomic mass is 9.77. The Balaban J connectivity index is 1.82. The summed E-state index contributed by atoms with van der Waals surface area (Å²) in [7, 11) is 0. The number of para-hydroxylation sites is 1. The summed E-state index contributed by atoms with van der Waals surface area (Å²) in [5, 5.41) is 0. The third-order valence-electron chi connectivity index (χ3n) is 4.13. The molecule has 1 aliphatic rings. The highest BCUT2D eigenvalue weighted by Crippen LogP contribution is 2.36. The van der Waals surface area contributed by atoms with Crippen LogP contribution in [0.3, 0.4) is 0 Å². The molecule has 20 heavy (non-hydrogen) atoms. The first-order valence-electron chi connectivity index (χ1n) is 7.39. The molecule has 0 aromatic heterocycles. The van der Waals surface area contributed by atoms with E-state index in [-0.39, 0.29) is 5.54 Å². The van der Waals surface area contributed by atoms with Crippen molar-refractivity contribution in [1.29, 1.82) is 0 Å². The van der Waals surface area contributed by atoms with Crippen LogP contribution < -0.4 is 10.5 Å². The van der Waals surface area contributed by atoms with E-state index in [1.807, 2.05) is 42.5 Å². The lowest BCUT2D eigenvalue weighted by molar-refractivity contribution is 0.301. The van der Waals surface area contributed by atoms with Gasteiger partial charge in [0.05, 0.1) is 0 Å². The van der Waals surface area contributed by atoms with E-state index >= 15 is 0 Å². The molecule has 2 N–H and O–H groups in total. The average Bonchev–Trinajstić information content (AvgIpc) is 2.49. The smallest absolute Gasteiger partial charge is 0.127 e. The molecular formula is C18H21NO. The van der Waals surface area contributed by atoms with Gasteiger partial charge in [0.2, 0.25) is 0 Å². The van der Waals surface area contributed by atoms with E-state index in [4.69, 9.17) is 10.5 Å². The second kappa shape index (κ2) is 5.68. The molecule has 0 bridgehead atoms. The summed E-state index contributed by atoms with van der Waals surface area (Å²) in [6.07, 6.45) is 5.89. The van der Waals surface area contributed by atoms with E-state index in [1.165, 1.54) is 24.8 Å². The summed E-state index contributed by atoms with van der Waals surface area (Å²) >= 11 is 0. The maximum absolute atomic E-state index is 6.59. The average molecular weight is 267 g/mol. The minimum atomic E-state index is -0.172. The largest absolute Gasteiger partial charge is 0.457 e. The maximum Gasteiger partial charge on any atom is 0.127 e. The second-order valence-corrected chi connectivity index (χ2v) is 5.66. The zero-order valence-corrected chi connectivity index (χ0v) is 11.7. The van der Waals surface area contributed by atoms with Gasteiger partial charge >= 0.3 is 0 Å². The molecule has 0 spiro atoms. The summed E-state index contributed by atoms with van der Waals surface area (Å²) in [5.74, 6) is 1.73. The van der Waals surface area contributed by atoms with Gasteiger partial charge in [-0.15, -0.1) is 0 Å². The number of hydrogen-bond donors (Lipinski definition) is 1. The van der Waals surface area contributed by atoms with Crippen molar-refractivity contribution in [3.63, 3.8) is 0 Å². The van der Waals surface area contributed by atoms with Gasteiger partial charge in [0, 0.05) is 5.54 Å². The third kappa shape index (κ3) is 2.86. The monoisotopic (exact) mass is 267 g/mol. The van der Waals surface area contributed by atoms with Gasteiger partial charge in [-0.05, 0) is 42.7 Å². The van der Waals surface area contributed by atoms with Gasteiger partial charge < -0.3 is 10.5 Å². The molecule has 2 aromatic carbocycles. The highest BCUT2D eigenvalue weighted by Gasteiger charge is 2.29. The molecule has 2 nitrogen and oxygen atoms in total. The number of hydrogen-bond acceptors (Lipinski definition) is 2. The predicted octanol–water partition coefficient (Wildman–Crippen LogP) is 4.60. The zero-order valence-electron chi connectivity index (χ0n) is 11.7. The van der Waals surface area contributed by atoms with Crippen LogP contribution in [0.15, 0.2) is 54.6 Å². The van der Waals surface area contributed by atoms with Crippen LogP contribution in [-0.2, 0) is 5.54 Å². The maximum atomic E-state index is 6.59. The molecule has 0 radical (unpaired) electrons. The van der Waals surface area contributed by atoms with E-state index in [0.717, 1.165) is 24.3 Å². The Morgan fingerprint density at radius 3 is 2.25 bits per heavy atom. The molecule has 0 saturated heterocycles. The zero-order chi connectivity index (χ0) is 13.8. The Bertz CT molecular complexity index is 559. The number of nitrogens with two attached hydrogens (primary N) is 1. The normalized spacial score (nSPS) is 17.6.